The van der Waals surface area contributed by atoms with Crippen LogP contribution < -0.4 is 5.32 Å². The van der Waals surface area contributed by atoms with Gasteiger partial charge in [0.15, 0.2) is 0 Å². The molecule has 0 fully saturated rings. The van der Waals surface area contributed by atoms with Crippen LogP contribution in [0.5, 0.6) is 0 Å². The Morgan fingerprint density at radius 2 is 2.22 bits per heavy atom. The summed E-state index contributed by atoms with van der Waals surface area (Å²) < 4.78 is 7.23. The van der Waals surface area contributed by atoms with Crippen LogP contribution in [-0.4, -0.2) is 41.1 Å². The van der Waals surface area contributed by atoms with E-state index in [2.05, 4.69) is 36.2 Å². The van der Waals surface area contributed by atoms with E-state index in [0.29, 0.717) is 12.0 Å². The Bertz CT molecular complexity index is 319. The summed E-state index contributed by atoms with van der Waals surface area (Å²) in [6.07, 6.45) is 3.61. The van der Waals surface area contributed by atoms with Crippen LogP contribution in [0.4, 0.5) is 0 Å². The fourth-order valence-electron chi connectivity index (χ4n) is 2.02. The summed E-state index contributed by atoms with van der Waals surface area (Å²) in [6.45, 7) is 9.14. The molecular weight excluding hydrogens is 228 g/mol. The molecule has 1 N–H and O–H groups in total. The number of rotatable bonds is 9. The first-order chi connectivity index (χ1) is 8.67. The first-order valence-electron chi connectivity index (χ1n) is 6.76. The van der Waals surface area contributed by atoms with E-state index in [0.717, 1.165) is 38.4 Å². The lowest BCUT2D eigenvalue weighted by molar-refractivity contribution is 0.163. The third kappa shape index (κ3) is 5.14. The van der Waals surface area contributed by atoms with Crippen molar-refractivity contribution in [3.8, 4) is 0 Å². The average Bonchev–Trinajstić information content (AvgIpc) is 2.73. The van der Waals surface area contributed by atoms with Crippen LogP contribution in [0.3, 0.4) is 0 Å². The summed E-state index contributed by atoms with van der Waals surface area (Å²) in [7, 11) is 1.74. The van der Waals surface area contributed by atoms with Gasteiger partial charge in [-0.1, -0.05) is 20.8 Å². The predicted molar refractivity (Wildman–Crippen MR) is 72.5 cm³/mol. The summed E-state index contributed by atoms with van der Waals surface area (Å²) in [5.41, 5.74) is 0. The standard InChI is InChI=1S/C13H26N4O/c1-5-14-12(9-18-4)6-7-13-15-10-16-17(13)8-11(2)3/h10-12,14H,5-9H2,1-4H3. The van der Waals surface area contributed by atoms with Crippen molar-refractivity contribution >= 4 is 0 Å². The molecule has 5 heteroatoms. The lowest BCUT2D eigenvalue weighted by atomic mass is 10.1. The Balaban J connectivity index is 2.48. The first-order valence-corrected chi connectivity index (χ1v) is 6.76. The molecule has 104 valence electrons. The highest BCUT2D eigenvalue weighted by atomic mass is 16.5. The van der Waals surface area contributed by atoms with E-state index >= 15 is 0 Å². The number of hydrogen-bond acceptors (Lipinski definition) is 4. The highest BCUT2D eigenvalue weighted by molar-refractivity contribution is 4.87. The van der Waals surface area contributed by atoms with Gasteiger partial charge in [0, 0.05) is 26.1 Å². The van der Waals surface area contributed by atoms with Crippen molar-refractivity contribution in [3.05, 3.63) is 12.2 Å². The zero-order valence-corrected chi connectivity index (χ0v) is 12.0. The van der Waals surface area contributed by atoms with E-state index in [4.69, 9.17) is 4.74 Å². The highest BCUT2D eigenvalue weighted by Gasteiger charge is 2.11. The topological polar surface area (TPSA) is 52.0 Å². The Labute approximate surface area is 110 Å². The molecule has 0 spiro atoms. The minimum absolute atomic E-state index is 0.393. The van der Waals surface area contributed by atoms with Crippen molar-refractivity contribution in [2.24, 2.45) is 5.92 Å². The molecule has 0 aliphatic rings. The lowest BCUT2D eigenvalue weighted by Gasteiger charge is -2.16. The zero-order valence-electron chi connectivity index (χ0n) is 12.0. The first kappa shape index (κ1) is 15.1. The Morgan fingerprint density at radius 1 is 1.44 bits per heavy atom. The molecule has 0 aliphatic heterocycles. The molecule has 5 nitrogen and oxygen atoms in total. The van der Waals surface area contributed by atoms with Crippen LogP contribution in [0.1, 0.15) is 33.0 Å². The van der Waals surface area contributed by atoms with Crippen LogP contribution in [0, 0.1) is 5.92 Å². The second-order valence-electron chi connectivity index (χ2n) is 5.00. The van der Waals surface area contributed by atoms with Gasteiger partial charge in [0.2, 0.25) is 0 Å². The number of ether oxygens (including phenoxy) is 1. The van der Waals surface area contributed by atoms with Crippen molar-refractivity contribution in [3.63, 3.8) is 0 Å². The lowest BCUT2D eigenvalue weighted by Crippen LogP contribution is -2.33. The second-order valence-corrected chi connectivity index (χ2v) is 5.00. The maximum absolute atomic E-state index is 5.22. The van der Waals surface area contributed by atoms with Gasteiger partial charge in [0.1, 0.15) is 12.2 Å². The van der Waals surface area contributed by atoms with Crippen molar-refractivity contribution in [2.75, 3.05) is 20.3 Å². The van der Waals surface area contributed by atoms with E-state index in [1.165, 1.54) is 0 Å². The summed E-state index contributed by atoms with van der Waals surface area (Å²) in [5, 5.41) is 7.70. The molecule has 0 amide bonds. The molecule has 0 saturated heterocycles. The molecule has 1 aromatic heterocycles. The molecule has 0 aliphatic carbocycles. The predicted octanol–water partition coefficient (Wildman–Crippen LogP) is 1.49. The minimum Gasteiger partial charge on any atom is -0.383 e. The van der Waals surface area contributed by atoms with Crippen molar-refractivity contribution in [1.29, 1.82) is 0 Å². The summed E-state index contributed by atoms with van der Waals surface area (Å²) in [6, 6.07) is 0.393. The fourth-order valence-corrected chi connectivity index (χ4v) is 2.02. The molecule has 1 atom stereocenters. The smallest absolute Gasteiger partial charge is 0.138 e. The van der Waals surface area contributed by atoms with Gasteiger partial charge in [-0.05, 0) is 18.9 Å². The molecule has 1 heterocycles. The number of aryl methyl sites for hydroxylation is 1. The third-order valence-electron chi connectivity index (χ3n) is 2.81. The van der Waals surface area contributed by atoms with Gasteiger partial charge < -0.3 is 10.1 Å². The Kier molecular flexibility index (Phi) is 6.90. The number of nitrogens with zero attached hydrogens (tertiary/aromatic N) is 3. The van der Waals surface area contributed by atoms with E-state index in [1.807, 2.05) is 4.68 Å². The van der Waals surface area contributed by atoms with Crippen molar-refractivity contribution < 1.29 is 4.74 Å². The summed E-state index contributed by atoms with van der Waals surface area (Å²) in [4.78, 5) is 4.34. The van der Waals surface area contributed by atoms with Crippen molar-refractivity contribution in [1.82, 2.24) is 20.1 Å². The Hall–Kier alpha value is -0.940. The SMILES string of the molecule is CCNC(CCc1ncnn1CC(C)C)COC. The quantitative estimate of drug-likeness (QED) is 0.725. The maximum Gasteiger partial charge on any atom is 0.138 e. The molecule has 0 radical (unpaired) electrons. The number of aromatic nitrogens is 3. The third-order valence-corrected chi connectivity index (χ3v) is 2.81. The van der Waals surface area contributed by atoms with Crippen molar-refractivity contribution in [2.45, 2.75) is 46.2 Å². The molecular formula is C13H26N4O. The molecule has 0 aromatic carbocycles. The van der Waals surface area contributed by atoms with Gasteiger partial charge in [0.05, 0.1) is 6.61 Å². The molecule has 1 aromatic rings. The van der Waals surface area contributed by atoms with Gasteiger partial charge in [-0.15, -0.1) is 0 Å². The van der Waals surface area contributed by atoms with E-state index in [9.17, 15) is 0 Å². The van der Waals surface area contributed by atoms with Gasteiger partial charge >= 0.3 is 0 Å². The highest BCUT2D eigenvalue weighted by Crippen LogP contribution is 2.05. The fraction of sp³-hybridized carbons (Fsp3) is 0.846. The van der Waals surface area contributed by atoms with Crippen LogP contribution in [0.25, 0.3) is 0 Å². The van der Waals surface area contributed by atoms with E-state index in [1.54, 1.807) is 13.4 Å². The molecule has 1 unspecified atom stereocenters. The molecule has 0 saturated carbocycles. The summed E-state index contributed by atoms with van der Waals surface area (Å²) in [5.74, 6) is 1.66. The maximum atomic E-state index is 5.22. The van der Waals surface area contributed by atoms with E-state index in [-0.39, 0.29) is 0 Å². The van der Waals surface area contributed by atoms with Crippen LogP contribution in [0.15, 0.2) is 6.33 Å². The number of methoxy groups -OCH3 is 1. The Morgan fingerprint density at radius 3 is 2.83 bits per heavy atom. The van der Waals surface area contributed by atoms with Gasteiger partial charge in [-0.3, -0.25) is 0 Å². The molecule has 18 heavy (non-hydrogen) atoms. The number of hydrogen-bond donors (Lipinski definition) is 1. The number of nitrogens with one attached hydrogen (secondary N) is 1. The monoisotopic (exact) mass is 254 g/mol. The van der Waals surface area contributed by atoms with Crippen LogP contribution in [-0.2, 0) is 17.7 Å². The molecule has 0 bridgehead atoms. The van der Waals surface area contributed by atoms with Crippen LogP contribution in [0.2, 0.25) is 0 Å². The largest absolute Gasteiger partial charge is 0.383 e. The summed E-state index contributed by atoms with van der Waals surface area (Å²) >= 11 is 0. The van der Waals surface area contributed by atoms with Gasteiger partial charge in [-0.25, -0.2) is 9.67 Å². The van der Waals surface area contributed by atoms with E-state index < -0.39 is 0 Å². The van der Waals surface area contributed by atoms with Gasteiger partial charge in [-0.2, -0.15) is 5.10 Å². The second kappa shape index (κ2) is 8.21. The number of likely N-dealkylation sites (N-methyl/N-ethyl adjacent to an activating group) is 1. The normalized spacial score (nSPS) is 13.2. The average molecular weight is 254 g/mol. The van der Waals surface area contributed by atoms with Gasteiger partial charge in [0.25, 0.3) is 0 Å². The minimum atomic E-state index is 0.393. The molecule has 1 rings (SSSR count). The zero-order chi connectivity index (χ0) is 13.4. The van der Waals surface area contributed by atoms with Crippen LogP contribution >= 0.6 is 0 Å².